The zero-order chi connectivity index (χ0) is 18.4. The number of hydrogen-bond donors (Lipinski definition) is 2. The summed E-state index contributed by atoms with van der Waals surface area (Å²) in [5, 5.41) is 2.81. The Kier molecular flexibility index (Phi) is 4.46. The fourth-order valence-corrected chi connectivity index (χ4v) is 4.11. The van der Waals surface area contributed by atoms with Crippen molar-refractivity contribution in [2.75, 3.05) is 11.9 Å². The highest BCUT2D eigenvalue weighted by atomic mass is 35.5. The van der Waals surface area contributed by atoms with Gasteiger partial charge in [-0.15, -0.1) is 0 Å². The van der Waals surface area contributed by atoms with Gasteiger partial charge in [0.15, 0.2) is 0 Å². The highest BCUT2D eigenvalue weighted by Gasteiger charge is 2.41. The van der Waals surface area contributed by atoms with Gasteiger partial charge in [-0.3, -0.25) is 19.5 Å². The quantitative estimate of drug-likeness (QED) is 0.781. The molecular formula is C17H15Cl2FN4O2. The minimum Gasteiger partial charge on any atom is -0.323 e. The number of carbonyl (C=O) groups is 1. The second kappa shape index (κ2) is 6.64. The number of H-pyrrole nitrogens is 1. The lowest BCUT2D eigenvalue weighted by molar-refractivity contribution is -0.118. The maximum Gasteiger partial charge on any atom is 0.266 e. The van der Waals surface area contributed by atoms with Crippen molar-refractivity contribution in [3.8, 4) is 0 Å². The van der Waals surface area contributed by atoms with Gasteiger partial charge in [0.2, 0.25) is 5.91 Å². The van der Waals surface area contributed by atoms with Crippen LogP contribution in [0.3, 0.4) is 0 Å². The van der Waals surface area contributed by atoms with Crippen LogP contribution in [0.4, 0.5) is 10.1 Å². The molecule has 2 bridgehead atoms. The van der Waals surface area contributed by atoms with Gasteiger partial charge in [0.1, 0.15) is 5.82 Å². The summed E-state index contributed by atoms with van der Waals surface area (Å²) in [5.74, 6) is -0.981. The van der Waals surface area contributed by atoms with Gasteiger partial charge in [0, 0.05) is 18.2 Å². The van der Waals surface area contributed by atoms with E-state index in [0.29, 0.717) is 6.42 Å². The predicted octanol–water partition coefficient (Wildman–Crippen LogP) is 2.92. The van der Waals surface area contributed by atoms with Crippen LogP contribution >= 0.6 is 23.2 Å². The van der Waals surface area contributed by atoms with Crippen molar-refractivity contribution in [1.82, 2.24) is 14.9 Å². The number of carbonyl (C=O) groups excluding carboxylic acids is 1. The van der Waals surface area contributed by atoms with Crippen LogP contribution in [-0.4, -0.2) is 33.4 Å². The first-order valence-electron chi connectivity index (χ1n) is 8.20. The Labute approximate surface area is 158 Å². The number of anilines is 1. The molecule has 2 N–H and O–H groups in total. The van der Waals surface area contributed by atoms with E-state index in [9.17, 15) is 14.0 Å². The maximum absolute atomic E-state index is 14.0. The topological polar surface area (TPSA) is 78.1 Å². The van der Waals surface area contributed by atoms with E-state index in [1.807, 2.05) is 0 Å². The van der Waals surface area contributed by atoms with Crippen LogP contribution in [0.2, 0.25) is 10.0 Å². The average molecular weight is 397 g/mol. The summed E-state index contributed by atoms with van der Waals surface area (Å²) in [4.78, 5) is 33.1. The molecule has 1 aromatic heterocycles. The van der Waals surface area contributed by atoms with Gasteiger partial charge in [0.25, 0.3) is 5.56 Å². The molecule has 2 aliphatic rings. The van der Waals surface area contributed by atoms with Crippen molar-refractivity contribution in [3.05, 3.63) is 55.9 Å². The lowest BCUT2D eigenvalue weighted by Gasteiger charge is -2.34. The third kappa shape index (κ3) is 3.11. The summed E-state index contributed by atoms with van der Waals surface area (Å²) in [6.07, 6.45) is 3.69. The predicted molar refractivity (Wildman–Crippen MR) is 96.1 cm³/mol. The van der Waals surface area contributed by atoms with E-state index in [-0.39, 0.29) is 45.8 Å². The minimum atomic E-state index is -0.640. The molecule has 1 saturated heterocycles. The number of nitrogens with zero attached hydrogens (tertiary/aromatic N) is 2. The van der Waals surface area contributed by atoms with E-state index in [1.165, 1.54) is 12.3 Å². The molecule has 1 aromatic carbocycles. The molecule has 2 atom stereocenters. The first-order chi connectivity index (χ1) is 12.4. The molecule has 26 heavy (non-hydrogen) atoms. The Morgan fingerprint density at radius 3 is 2.92 bits per heavy atom. The first kappa shape index (κ1) is 17.5. The molecule has 3 heterocycles. The van der Waals surface area contributed by atoms with Gasteiger partial charge in [-0.05, 0) is 25.0 Å². The highest BCUT2D eigenvalue weighted by molar-refractivity contribution is 6.42. The monoisotopic (exact) mass is 396 g/mol. The lowest BCUT2D eigenvalue weighted by atomic mass is 10.0. The zero-order valence-electron chi connectivity index (χ0n) is 13.6. The van der Waals surface area contributed by atoms with Gasteiger partial charge < -0.3 is 10.3 Å². The standard InChI is InChI=1S/C17H15Cl2FN4O2/c18-9-4-11(20)12(5-10(9)19)22-16(26)7-24-8-1-2-14(24)17-13(3-8)23-15(25)6-21-17/h4-6,8,14H,1-3,7H2,(H,22,26)(H,23,25). The van der Waals surface area contributed by atoms with Crippen molar-refractivity contribution in [1.29, 1.82) is 0 Å². The van der Waals surface area contributed by atoms with Gasteiger partial charge in [-0.25, -0.2) is 4.39 Å². The molecule has 4 rings (SSSR count). The van der Waals surface area contributed by atoms with Crippen LogP contribution in [0.1, 0.15) is 30.3 Å². The maximum atomic E-state index is 14.0. The van der Waals surface area contributed by atoms with E-state index >= 15 is 0 Å². The molecule has 136 valence electrons. The molecule has 2 aromatic rings. The number of aromatic amines is 1. The van der Waals surface area contributed by atoms with Crippen molar-refractivity contribution in [2.45, 2.75) is 31.3 Å². The smallest absolute Gasteiger partial charge is 0.266 e. The summed E-state index contributed by atoms with van der Waals surface area (Å²) in [6.45, 7) is 0.106. The van der Waals surface area contributed by atoms with Crippen molar-refractivity contribution < 1.29 is 9.18 Å². The van der Waals surface area contributed by atoms with Crippen molar-refractivity contribution in [3.63, 3.8) is 0 Å². The molecular weight excluding hydrogens is 382 g/mol. The molecule has 0 aliphatic carbocycles. The molecule has 2 aliphatic heterocycles. The lowest BCUT2D eigenvalue weighted by Crippen LogP contribution is -2.43. The van der Waals surface area contributed by atoms with Crippen LogP contribution < -0.4 is 10.9 Å². The molecule has 0 saturated carbocycles. The summed E-state index contributed by atoms with van der Waals surface area (Å²) in [6, 6.07) is 2.49. The second-order valence-corrected chi connectivity index (χ2v) is 7.34. The van der Waals surface area contributed by atoms with Crippen LogP contribution in [0.15, 0.2) is 23.1 Å². The molecule has 1 amide bonds. The Balaban J connectivity index is 1.51. The largest absolute Gasteiger partial charge is 0.323 e. The first-order valence-corrected chi connectivity index (χ1v) is 8.96. The van der Waals surface area contributed by atoms with E-state index in [0.717, 1.165) is 30.3 Å². The molecule has 6 nitrogen and oxygen atoms in total. The van der Waals surface area contributed by atoms with E-state index in [4.69, 9.17) is 23.2 Å². The number of halogens is 3. The number of amides is 1. The third-order valence-electron chi connectivity index (χ3n) is 4.91. The fourth-order valence-electron chi connectivity index (χ4n) is 3.79. The summed E-state index contributed by atoms with van der Waals surface area (Å²) in [7, 11) is 0. The Hall–Kier alpha value is -1.96. The van der Waals surface area contributed by atoms with Crippen molar-refractivity contribution >= 4 is 34.8 Å². The molecule has 1 fully saturated rings. The second-order valence-electron chi connectivity index (χ2n) is 6.53. The van der Waals surface area contributed by atoms with Gasteiger partial charge in [0.05, 0.1) is 40.2 Å². The number of hydrogen-bond acceptors (Lipinski definition) is 4. The molecule has 0 radical (unpaired) electrons. The average Bonchev–Trinajstić information content (AvgIpc) is 2.85. The van der Waals surface area contributed by atoms with Crippen LogP contribution in [-0.2, 0) is 11.2 Å². The van der Waals surface area contributed by atoms with E-state index in [1.54, 1.807) is 0 Å². The Bertz CT molecular complexity index is 949. The molecule has 2 unspecified atom stereocenters. The third-order valence-corrected chi connectivity index (χ3v) is 5.63. The van der Waals surface area contributed by atoms with Gasteiger partial charge in [-0.1, -0.05) is 23.2 Å². The summed E-state index contributed by atoms with van der Waals surface area (Å²) in [5.41, 5.74) is 1.44. The van der Waals surface area contributed by atoms with E-state index in [2.05, 4.69) is 20.2 Å². The number of aromatic nitrogens is 2. The number of fused-ring (bicyclic) bond motifs is 4. The zero-order valence-corrected chi connectivity index (χ0v) is 15.1. The van der Waals surface area contributed by atoms with Crippen LogP contribution in [0, 0.1) is 5.82 Å². The SMILES string of the molecule is O=C(CN1C2CCC1c1ncc(=O)[nH]c1C2)Nc1cc(Cl)c(Cl)cc1F. The van der Waals surface area contributed by atoms with Gasteiger partial charge in [-0.2, -0.15) is 0 Å². The van der Waals surface area contributed by atoms with Crippen molar-refractivity contribution in [2.24, 2.45) is 0 Å². The number of benzene rings is 1. The van der Waals surface area contributed by atoms with Crippen LogP contribution in [0.5, 0.6) is 0 Å². The number of nitrogens with one attached hydrogen (secondary N) is 2. The highest BCUT2D eigenvalue weighted by Crippen LogP contribution is 2.41. The normalized spacial score (nSPS) is 21.5. The minimum absolute atomic E-state index is 0.00314. The molecule has 0 spiro atoms. The number of rotatable bonds is 3. The fraction of sp³-hybridized carbons (Fsp3) is 0.353. The summed E-state index contributed by atoms with van der Waals surface area (Å²) >= 11 is 11.6. The Morgan fingerprint density at radius 2 is 2.12 bits per heavy atom. The van der Waals surface area contributed by atoms with Crippen LogP contribution in [0.25, 0.3) is 0 Å². The summed E-state index contributed by atoms with van der Waals surface area (Å²) < 4.78 is 14.0. The molecule has 9 heteroatoms. The van der Waals surface area contributed by atoms with E-state index < -0.39 is 5.82 Å². The van der Waals surface area contributed by atoms with Gasteiger partial charge >= 0.3 is 0 Å². The Morgan fingerprint density at radius 1 is 1.35 bits per heavy atom.